The van der Waals surface area contributed by atoms with Crippen LogP contribution < -0.4 is 10.5 Å². The van der Waals surface area contributed by atoms with E-state index in [4.69, 9.17) is 10.5 Å². The fourth-order valence-electron chi connectivity index (χ4n) is 2.54. The normalized spacial score (nSPS) is 13.2. The van der Waals surface area contributed by atoms with Gasteiger partial charge in [0.25, 0.3) is 0 Å². The van der Waals surface area contributed by atoms with Gasteiger partial charge < -0.3 is 10.5 Å². The number of aromatic nitrogens is 2. The Morgan fingerprint density at radius 1 is 1.25 bits per heavy atom. The summed E-state index contributed by atoms with van der Waals surface area (Å²) in [6.07, 6.45) is 4.12. The maximum Gasteiger partial charge on any atom is 0.161 e. The molecule has 104 valence electrons. The van der Waals surface area contributed by atoms with Gasteiger partial charge in [0.2, 0.25) is 0 Å². The second-order valence-electron chi connectivity index (χ2n) is 5.09. The molecule has 0 amide bonds. The van der Waals surface area contributed by atoms with Crippen LogP contribution in [0.15, 0.2) is 24.3 Å². The SMILES string of the molecule is CCCOc1cccc(-c2nc(N)c3c(n2)CCC3)c1. The van der Waals surface area contributed by atoms with Crippen molar-refractivity contribution < 1.29 is 4.74 Å². The van der Waals surface area contributed by atoms with Gasteiger partial charge in [0.15, 0.2) is 5.82 Å². The predicted octanol–water partition coefficient (Wildman–Crippen LogP) is 3.00. The van der Waals surface area contributed by atoms with Gasteiger partial charge >= 0.3 is 0 Å². The van der Waals surface area contributed by atoms with Crippen molar-refractivity contribution in [2.75, 3.05) is 12.3 Å². The van der Waals surface area contributed by atoms with Crippen molar-refractivity contribution in [3.05, 3.63) is 35.5 Å². The molecule has 20 heavy (non-hydrogen) atoms. The van der Waals surface area contributed by atoms with Crippen LogP contribution in [0.2, 0.25) is 0 Å². The number of hydrogen-bond donors (Lipinski definition) is 1. The smallest absolute Gasteiger partial charge is 0.161 e. The first-order chi connectivity index (χ1) is 9.78. The summed E-state index contributed by atoms with van der Waals surface area (Å²) in [6, 6.07) is 7.89. The van der Waals surface area contributed by atoms with E-state index in [0.29, 0.717) is 11.6 Å². The number of ether oxygens (including phenoxy) is 1. The van der Waals surface area contributed by atoms with Gasteiger partial charge in [0.05, 0.1) is 6.61 Å². The van der Waals surface area contributed by atoms with Gasteiger partial charge in [-0.25, -0.2) is 9.97 Å². The zero-order valence-electron chi connectivity index (χ0n) is 11.7. The molecule has 0 atom stereocenters. The average molecular weight is 269 g/mol. The first kappa shape index (κ1) is 12.9. The van der Waals surface area contributed by atoms with Crippen LogP contribution in [-0.4, -0.2) is 16.6 Å². The second kappa shape index (κ2) is 5.49. The van der Waals surface area contributed by atoms with Crippen molar-refractivity contribution in [2.24, 2.45) is 0 Å². The first-order valence-electron chi connectivity index (χ1n) is 7.16. The topological polar surface area (TPSA) is 61.0 Å². The lowest BCUT2D eigenvalue weighted by Crippen LogP contribution is -2.03. The Hall–Kier alpha value is -2.10. The molecule has 0 spiro atoms. The van der Waals surface area contributed by atoms with Crippen LogP contribution in [-0.2, 0) is 12.8 Å². The van der Waals surface area contributed by atoms with Crippen molar-refractivity contribution in [2.45, 2.75) is 32.6 Å². The summed E-state index contributed by atoms with van der Waals surface area (Å²) in [5, 5.41) is 0. The molecule has 1 heterocycles. The predicted molar refractivity (Wildman–Crippen MR) is 79.7 cm³/mol. The standard InChI is InChI=1S/C16H19N3O/c1-2-9-20-12-6-3-5-11(10-12)16-18-14-8-4-7-13(14)15(17)19-16/h3,5-6,10H,2,4,7-9H2,1H3,(H2,17,18,19). The number of anilines is 1. The van der Waals surface area contributed by atoms with Crippen molar-refractivity contribution in [3.8, 4) is 17.1 Å². The van der Waals surface area contributed by atoms with Crippen molar-refractivity contribution in [3.63, 3.8) is 0 Å². The largest absolute Gasteiger partial charge is 0.494 e. The Kier molecular flexibility index (Phi) is 3.54. The Labute approximate surface area is 119 Å². The van der Waals surface area contributed by atoms with Crippen LogP contribution in [0.1, 0.15) is 31.0 Å². The summed E-state index contributed by atoms with van der Waals surface area (Å²) in [4.78, 5) is 9.11. The zero-order chi connectivity index (χ0) is 13.9. The number of fused-ring (bicyclic) bond motifs is 1. The minimum atomic E-state index is 0.627. The van der Waals surface area contributed by atoms with Crippen molar-refractivity contribution in [1.29, 1.82) is 0 Å². The van der Waals surface area contributed by atoms with E-state index in [1.165, 1.54) is 0 Å². The molecule has 1 aromatic carbocycles. The summed E-state index contributed by atoms with van der Waals surface area (Å²) in [6.45, 7) is 2.81. The molecule has 2 aromatic rings. The van der Waals surface area contributed by atoms with E-state index in [2.05, 4.69) is 16.9 Å². The quantitative estimate of drug-likeness (QED) is 0.926. The molecule has 0 fully saturated rings. The monoisotopic (exact) mass is 269 g/mol. The lowest BCUT2D eigenvalue weighted by atomic mass is 10.1. The fourth-order valence-corrected chi connectivity index (χ4v) is 2.54. The van der Waals surface area contributed by atoms with E-state index >= 15 is 0 Å². The second-order valence-corrected chi connectivity index (χ2v) is 5.09. The molecular weight excluding hydrogens is 250 g/mol. The van der Waals surface area contributed by atoms with E-state index in [0.717, 1.165) is 54.9 Å². The summed E-state index contributed by atoms with van der Waals surface area (Å²) in [5.74, 6) is 2.18. The van der Waals surface area contributed by atoms with Gasteiger partial charge in [-0.15, -0.1) is 0 Å². The number of benzene rings is 1. The lowest BCUT2D eigenvalue weighted by molar-refractivity contribution is 0.317. The maximum atomic E-state index is 6.05. The van der Waals surface area contributed by atoms with Crippen LogP contribution >= 0.6 is 0 Å². The maximum absolute atomic E-state index is 6.05. The van der Waals surface area contributed by atoms with E-state index in [9.17, 15) is 0 Å². The Balaban J connectivity index is 1.95. The van der Waals surface area contributed by atoms with Crippen LogP contribution in [0.5, 0.6) is 5.75 Å². The lowest BCUT2D eigenvalue weighted by Gasteiger charge is -2.09. The summed E-state index contributed by atoms with van der Waals surface area (Å²) < 4.78 is 5.65. The molecule has 1 aliphatic rings. The van der Waals surface area contributed by atoms with E-state index in [1.807, 2.05) is 24.3 Å². The Bertz CT molecular complexity index is 625. The fraction of sp³-hybridized carbons (Fsp3) is 0.375. The van der Waals surface area contributed by atoms with Crippen LogP contribution in [0.25, 0.3) is 11.4 Å². The van der Waals surface area contributed by atoms with Crippen LogP contribution in [0.3, 0.4) is 0 Å². The molecule has 4 nitrogen and oxygen atoms in total. The highest BCUT2D eigenvalue weighted by Crippen LogP contribution is 2.28. The first-order valence-corrected chi connectivity index (χ1v) is 7.16. The third-order valence-corrected chi connectivity index (χ3v) is 3.53. The van der Waals surface area contributed by atoms with Gasteiger partial charge in [0.1, 0.15) is 11.6 Å². The molecule has 0 unspecified atom stereocenters. The number of nitrogens with two attached hydrogens (primary N) is 1. The minimum absolute atomic E-state index is 0.627. The van der Waals surface area contributed by atoms with Gasteiger partial charge in [0, 0.05) is 16.8 Å². The highest BCUT2D eigenvalue weighted by molar-refractivity contribution is 5.61. The van der Waals surface area contributed by atoms with E-state index < -0.39 is 0 Å². The molecule has 0 aliphatic heterocycles. The van der Waals surface area contributed by atoms with Crippen LogP contribution in [0.4, 0.5) is 5.82 Å². The van der Waals surface area contributed by atoms with E-state index in [-0.39, 0.29) is 0 Å². The minimum Gasteiger partial charge on any atom is -0.494 e. The molecule has 1 aliphatic carbocycles. The highest BCUT2D eigenvalue weighted by atomic mass is 16.5. The molecule has 0 radical (unpaired) electrons. The number of nitrogens with zero attached hydrogens (tertiary/aromatic N) is 2. The van der Waals surface area contributed by atoms with Gasteiger partial charge in [-0.2, -0.15) is 0 Å². The molecule has 3 rings (SSSR count). The molecular formula is C16H19N3O. The van der Waals surface area contributed by atoms with Crippen LogP contribution in [0, 0.1) is 0 Å². The van der Waals surface area contributed by atoms with Gasteiger partial charge in [-0.05, 0) is 37.8 Å². The zero-order valence-corrected chi connectivity index (χ0v) is 11.7. The summed E-state index contributed by atoms with van der Waals surface area (Å²) in [7, 11) is 0. The number of hydrogen-bond acceptors (Lipinski definition) is 4. The summed E-state index contributed by atoms with van der Waals surface area (Å²) >= 11 is 0. The number of nitrogen functional groups attached to an aromatic ring is 1. The van der Waals surface area contributed by atoms with E-state index in [1.54, 1.807) is 0 Å². The van der Waals surface area contributed by atoms with Gasteiger partial charge in [-0.1, -0.05) is 19.1 Å². The highest BCUT2D eigenvalue weighted by Gasteiger charge is 2.18. The van der Waals surface area contributed by atoms with Gasteiger partial charge in [-0.3, -0.25) is 0 Å². The molecule has 4 heteroatoms. The Morgan fingerprint density at radius 3 is 3.00 bits per heavy atom. The Morgan fingerprint density at radius 2 is 2.15 bits per heavy atom. The molecule has 0 saturated heterocycles. The third-order valence-electron chi connectivity index (χ3n) is 3.53. The summed E-state index contributed by atoms with van der Waals surface area (Å²) in [5.41, 5.74) is 9.24. The number of rotatable bonds is 4. The third kappa shape index (κ3) is 2.46. The molecule has 0 saturated carbocycles. The molecule has 2 N–H and O–H groups in total. The number of aryl methyl sites for hydroxylation is 1. The average Bonchev–Trinajstić information content (AvgIpc) is 2.94. The molecule has 1 aromatic heterocycles. The molecule has 0 bridgehead atoms. The van der Waals surface area contributed by atoms with Crippen molar-refractivity contribution >= 4 is 5.82 Å². The van der Waals surface area contributed by atoms with Crippen molar-refractivity contribution in [1.82, 2.24) is 9.97 Å².